The van der Waals surface area contributed by atoms with E-state index >= 15 is 0 Å². The van der Waals surface area contributed by atoms with Gasteiger partial charge in [0.25, 0.3) is 5.91 Å². The summed E-state index contributed by atoms with van der Waals surface area (Å²) in [4.78, 5) is 32.1. The molecule has 150 valence electrons. The van der Waals surface area contributed by atoms with Gasteiger partial charge in [0.05, 0.1) is 28.8 Å². The first-order valence-corrected chi connectivity index (χ1v) is 10.1. The molecule has 0 atom stereocenters. The van der Waals surface area contributed by atoms with Crippen molar-refractivity contribution in [2.24, 2.45) is 0 Å². The van der Waals surface area contributed by atoms with Gasteiger partial charge in [0.2, 0.25) is 0 Å². The highest BCUT2D eigenvalue weighted by Gasteiger charge is 2.25. The lowest BCUT2D eigenvalue weighted by molar-refractivity contribution is -0.385. The van der Waals surface area contributed by atoms with Gasteiger partial charge in [-0.15, -0.1) is 11.3 Å². The zero-order chi connectivity index (χ0) is 20.4. The number of benzene rings is 2. The standard InChI is InChI=1S/C20H20N4O4S/c1-28-17-7-6-14(12-16(17)24(26)27)20(25)23-10-8-22(9-11-23)13-19-21-15-4-2-3-5-18(15)29-19/h2-7,12H,8-11,13H2,1H3. The quantitative estimate of drug-likeness (QED) is 0.472. The molecule has 1 aliphatic heterocycles. The van der Waals surface area contributed by atoms with Gasteiger partial charge < -0.3 is 9.64 Å². The van der Waals surface area contributed by atoms with Crippen molar-refractivity contribution in [1.29, 1.82) is 0 Å². The van der Waals surface area contributed by atoms with Gasteiger partial charge >= 0.3 is 5.69 Å². The van der Waals surface area contributed by atoms with Crippen molar-refractivity contribution in [3.63, 3.8) is 0 Å². The number of rotatable bonds is 5. The predicted molar refractivity (Wildman–Crippen MR) is 110 cm³/mol. The molecule has 2 heterocycles. The Bertz CT molecular complexity index is 1030. The number of aromatic nitrogens is 1. The second-order valence-corrected chi connectivity index (χ2v) is 7.90. The minimum absolute atomic E-state index is 0.146. The van der Waals surface area contributed by atoms with Crippen LogP contribution >= 0.6 is 11.3 Å². The molecule has 29 heavy (non-hydrogen) atoms. The number of thiazole rings is 1. The molecule has 2 aromatic carbocycles. The van der Waals surface area contributed by atoms with Crippen molar-refractivity contribution < 1.29 is 14.5 Å². The van der Waals surface area contributed by atoms with E-state index in [9.17, 15) is 14.9 Å². The number of hydrogen-bond donors (Lipinski definition) is 0. The molecule has 0 radical (unpaired) electrons. The molecule has 9 heteroatoms. The number of carbonyl (C=O) groups excluding carboxylic acids is 1. The fraction of sp³-hybridized carbons (Fsp3) is 0.300. The summed E-state index contributed by atoms with van der Waals surface area (Å²) in [6.45, 7) is 3.38. The van der Waals surface area contributed by atoms with Crippen LogP contribution in [-0.2, 0) is 6.54 Å². The number of para-hydroxylation sites is 1. The van der Waals surface area contributed by atoms with Crippen LogP contribution in [0.15, 0.2) is 42.5 Å². The molecule has 0 unspecified atom stereocenters. The zero-order valence-corrected chi connectivity index (χ0v) is 16.7. The highest BCUT2D eigenvalue weighted by Crippen LogP contribution is 2.28. The van der Waals surface area contributed by atoms with Gasteiger partial charge in [0.1, 0.15) is 5.01 Å². The first kappa shape index (κ1) is 19.3. The van der Waals surface area contributed by atoms with Crippen LogP contribution in [-0.4, -0.2) is 58.9 Å². The average Bonchev–Trinajstić information content (AvgIpc) is 3.15. The van der Waals surface area contributed by atoms with E-state index in [4.69, 9.17) is 4.74 Å². The molecule has 1 aromatic heterocycles. The molecule has 0 aliphatic carbocycles. The van der Waals surface area contributed by atoms with Crippen LogP contribution in [0.5, 0.6) is 5.75 Å². The number of nitro groups is 1. The maximum Gasteiger partial charge on any atom is 0.311 e. The fourth-order valence-electron chi connectivity index (χ4n) is 3.44. The van der Waals surface area contributed by atoms with E-state index in [1.165, 1.54) is 23.9 Å². The number of amides is 1. The first-order valence-electron chi connectivity index (χ1n) is 9.23. The van der Waals surface area contributed by atoms with Gasteiger partial charge in [-0.1, -0.05) is 12.1 Å². The lowest BCUT2D eigenvalue weighted by atomic mass is 10.1. The molecule has 1 saturated heterocycles. The van der Waals surface area contributed by atoms with E-state index in [0.29, 0.717) is 18.7 Å². The summed E-state index contributed by atoms with van der Waals surface area (Å²) in [6, 6.07) is 12.4. The monoisotopic (exact) mass is 412 g/mol. The minimum Gasteiger partial charge on any atom is -0.490 e. The van der Waals surface area contributed by atoms with Crippen molar-refractivity contribution in [1.82, 2.24) is 14.8 Å². The molecular weight excluding hydrogens is 392 g/mol. The smallest absolute Gasteiger partial charge is 0.311 e. The Hall–Kier alpha value is -3.04. The number of nitrogens with zero attached hydrogens (tertiary/aromatic N) is 4. The minimum atomic E-state index is -0.536. The van der Waals surface area contributed by atoms with Crippen LogP contribution in [0.4, 0.5) is 5.69 Å². The summed E-state index contributed by atoms with van der Waals surface area (Å²) >= 11 is 1.69. The molecular formula is C20H20N4O4S. The Kier molecular flexibility index (Phi) is 5.41. The van der Waals surface area contributed by atoms with Crippen molar-refractivity contribution >= 4 is 33.1 Å². The van der Waals surface area contributed by atoms with Crippen LogP contribution in [0.25, 0.3) is 10.2 Å². The number of nitro benzene ring substituents is 1. The lowest BCUT2D eigenvalue weighted by Crippen LogP contribution is -2.48. The largest absolute Gasteiger partial charge is 0.490 e. The van der Waals surface area contributed by atoms with Gasteiger partial charge in [-0.2, -0.15) is 0 Å². The van der Waals surface area contributed by atoms with E-state index < -0.39 is 4.92 Å². The molecule has 0 spiro atoms. The number of methoxy groups -OCH3 is 1. The van der Waals surface area contributed by atoms with Gasteiger partial charge in [-0.25, -0.2) is 4.98 Å². The molecule has 4 rings (SSSR count). The maximum atomic E-state index is 12.8. The van der Waals surface area contributed by atoms with Crippen LogP contribution < -0.4 is 4.74 Å². The average molecular weight is 412 g/mol. The summed E-state index contributed by atoms with van der Waals surface area (Å²) < 4.78 is 6.18. The number of fused-ring (bicyclic) bond motifs is 1. The van der Waals surface area contributed by atoms with Crippen molar-refractivity contribution in [2.45, 2.75) is 6.54 Å². The first-order chi connectivity index (χ1) is 14.0. The Balaban J connectivity index is 1.39. The van der Waals surface area contributed by atoms with E-state index in [1.807, 2.05) is 18.2 Å². The third-order valence-corrected chi connectivity index (χ3v) is 6.00. The maximum absolute atomic E-state index is 12.8. The van der Waals surface area contributed by atoms with Crippen LogP contribution in [0.3, 0.4) is 0 Å². The van der Waals surface area contributed by atoms with Gasteiger partial charge in [-0.3, -0.25) is 19.8 Å². The molecule has 0 N–H and O–H groups in total. The van der Waals surface area contributed by atoms with E-state index in [1.54, 1.807) is 22.3 Å². The molecule has 8 nitrogen and oxygen atoms in total. The summed E-state index contributed by atoms with van der Waals surface area (Å²) in [5.74, 6) is -0.0532. The molecule has 1 fully saturated rings. The summed E-state index contributed by atoms with van der Waals surface area (Å²) in [7, 11) is 1.37. The van der Waals surface area contributed by atoms with Gasteiger partial charge in [0, 0.05) is 37.8 Å². The van der Waals surface area contributed by atoms with E-state index in [2.05, 4.69) is 16.0 Å². The fourth-order valence-corrected chi connectivity index (χ4v) is 4.45. The lowest BCUT2D eigenvalue weighted by Gasteiger charge is -2.34. The molecule has 1 aliphatic rings. The number of carbonyl (C=O) groups is 1. The molecule has 0 saturated carbocycles. The Morgan fingerprint density at radius 1 is 1.21 bits per heavy atom. The van der Waals surface area contributed by atoms with Crippen molar-refractivity contribution in [2.75, 3.05) is 33.3 Å². The molecule has 0 bridgehead atoms. The highest BCUT2D eigenvalue weighted by atomic mass is 32.1. The summed E-state index contributed by atoms with van der Waals surface area (Å²) in [5, 5.41) is 12.3. The van der Waals surface area contributed by atoms with Gasteiger partial charge in [-0.05, 0) is 24.3 Å². The second kappa shape index (κ2) is 8.14. The second-order valence-electron chi connectivity index (χ2n) is 6.79. The number of hydrogen-bond acceptors (Lipinski definition) is 7. The van der Waals surface area contributed by atoms with Crippen LogP contribution in [0.2, 0.25) is 0 Å². The third kappa shape index (κ3) is 4.06. The number of piperazine rings is 1. The summed E-state index contributed by atoms with van der Waals surface area (Å²) in [6.07, 6.45) is 0. The Labute approximate surface area is 171 Å². The van der Waals surface area contributed by atoms with Crippen molar-refractivity contribution in [3.8, 4) is 5.75 Å². The SMILES string of the molecule is COc1ccc(C(=O)N2CCN(Cc3nc4ccccc4s3)CC2)cc1[N+](=O)[O-]. The van der Waals surface area contributed by atoms with Crippen molar-refractivity contribution in [3.05, 3.63) is 63.1 Å². The number of ether oxygens (including phenoxy) is 1. The van der Waals surface area contributed by atoms with Crippen LogP contribution in [0, 0.1) is 10.1 Å². The Morgan fingerprint density at radius 2 is 1.97 bits per heavy atom. The van der Waals surface area contributed by atoms with E-state index in [-0.39, 0.29) is 17.3 Å². The Morgan fingerprint density at radius 3 is 2.66 bits per heavy atom. The predicted octanol–water partition coefficient (Wildman–Crippen LogP) is 3.17. The third-order valence-electron chi connectivity index (χ3n) is 4.98. The van der Waals surface area contributed by atoms with Crippen LogP contribution in [0.1, 0.15) is 15.4 Å². The summed E-state index contributed by atoms with van der Waals surface area (Å²) in [5.41, 5.74) is 1.12. The normalized spacial score (nSPS) is 14.9. The molecule has 3 aromatic rings. The van der Waals surface area contributed by atoms with E-state index in [0.717, 1.165) is 30.2 Å². The highest BCUT2D eigenvalue weighted by molar-refractivity contribution is 7.18. The van der Waals surface area contributed by atoms with Gasteiger partial charge in [0.15, 0.2) is 5.75 Å². The zero-order valence-electron chi connectivity index (χ0n) is 15.9. The molecule has 1 amide bonds. The topological polar surface area (TPSA) is 88.8 Å².